The van der Waals surface area contributed by atoms with Gasteiger partial charge < -0.3 is 15.8 Å². The quantitative estimate of drug-likeness (QED) is 0.762. The Balaban J connectivity index is 2.69. The van der Waals surface area contributed by atoms with Crippen molar-refractivity contribution in [3.8, 4) is 0 Å². The fourth-order valence-electron chi connectivity index (χ4n) is 2.40. The molecule has 1 aliphatic rings. The summed E-state index contributed by atoms with van der Waals surface area (Å²) in [7, 11) is 1.80. The summed E-state index contributed by atoms with van der Waals surface area (Å²) in [5, 5.41) is 3.08. The second-order valence-electron chi connectivity index (χ2n) is 5.64. The number of carbonyl (C=O) groups is 1. The van der Waals surface area contributed by atoms with Crippen molar-refractivity contribution in [2.75, 3.05) is 7.05 Å². The molecule has 1 amide bonds. The molecule has 0 aromatic carbocycles. The van der Waals surface area contributed by atoms with Crippen molar-refractivity contribution in [1.29, 1.82) is 0 Å². The van der Waals surface area contributed by atoms with Gasteiger partial charge in [-0.15, -0.1) is 0 Å². The standard InChI is InChI=1S/C12H24N2O2/c1-11(2,3)16-9-6-5-7-12(8-9,14-4)10(13)15/h9,14H,5-8H2,1-4H3,(H2,13,15). The van der Waals surface area contributed by atoms with E-state index in [9.17, 15) is 4.79 Å². The van der Waals surface area contributed by atoms with Crippen molar-refractivity contribution >= 4 is 5.91 Å². The molecular weight excluding hydrogens is 204 g/mol. The third kappa shape index (κ3) is 3.19. The van der Waals surface area contributed by atoms with Crippen molar-refractivity contribution in [2.24, 2.45) is 5.73 Å². The molecule has 2 atom stereocenters. The highest BCUT2D eigenvalue weighted by Crippen LogP contribution is 2.31. The Kier molecular flexibility index (Phi) is 3.97. The van der Waals surface area contributed by atoms with Crippen LogP contribution in [0.4, 0.5) is 0 Å². The summed E-state index contributed by atoms with van der Waals surface area (Å²) >= 11 is 0. The maximum Gasteiger partial charge on any atom is 0.237 e. The third-order valence-corrected chi connectivity index (χ3v) is 3.18. The van der Waals surface area contributed by atoms with E-state index in [2.05, 4.69) is 5.32 Å². The van der Waals surface area contributed by atoms with Crippen LogP contribution in [0.1, 0.15) is 46.5 Å². The van der Waals surface area contributed by atoms with Crippen LogP contribution in [0.3, 0.4) is 0 Å². The van der Waals surface area contributed by atoms with Gasteiger partial charge >= 0.3 is 0 Å². The molecule has 0 aliphatic heterocycles. The second-order valence-corrected chi connectivity index (χ2v) is 5.64. The van der Waals surface area contributed by atoms with Gasteiger partial charge in [-0.2, -0.15) is 0 Å². The average molecular weight is 228 g/mol. The Morgan fingerprint density at radius 3 is 2.56 bits per heavy atom. The predicted octanol–water partition coefficient (Wildman–Crippen LogP) is 1.19. The van der Waals surface area contributed by atoms with Crippen LogP contribution in [0, 0.1) is 0 Å². The highest BCUT2D eigenvalue weighted by atomic mass is 16.5. The fraction of sp³-hybridized carbons (Fsp3) is 0.917. The lowest BCUT2D eigenvalue weighted by Gasteiger charge is -2.40. The first kappa shape index (κ1) is 13.5. The van der Waals surface area contributed by atoms with E-state index in [-0.39, 0.29) is 17.6 Å². The van der Waals surface area contributed by atoms with E-state index in [1.165, 1.54) is 0 Å². The van der Waals surface area contributed by atoms with Crippen molar-refractivity contribution < 1.29 is 9.53 Å². The van der Waals surface area contributed by atoms with E-state index < -0.39 is 5.54 Å². The first-order valence-corrected chi connectivity index (χ1v) is 5.96. The molecule has 0 saturated heterocycles. The summed E-state index contributed by atoms with van der Waals surface area (Å²) in [6.07, 6.45) is 3.59. The van der Waals surface area contributed by atoms with Crippen LogP contribution in [0.2, 0.25) is 0 Å². The molecule has 1 rings (SSSR count). The molecular formula is C12H24N2O2. The number of primary amides is 1. The second kappa shape index (κ2) is 4.72. The molecule has 3 N–H and O–H groups in total. The molecule has 0 heterocycles. The van der Waals surface area contributed by atoms with Gasteiger partial charge in [0.15, 0.2) is 0 Å². The zero-order chi connectivity index (χ0) is 12.4. The van der Waals surface area contributed by atoms with Crippen LogP contribution in [0.15, 0.2) is 0 Å². The number of carbonyl (C=O) groups excluding carboxylic acids is 1. The van der Waals surface area contributed by atoms with Crippen LogP contribution in [-0.4, -0.2) is 30.2 Å². The number of hydrogen-bond donors (Lipinski definition) is 2. The highest BCUT2D eigenvalue weighted by molar-refractivity contribution is 5.84. The van der Waals surface area contributed by atoms with E-state index in [1.807, 2.05) is 20.8 Å². The molecule has 2 unspecified atom stereocenters. The van der Waals surface area contributed by atoms with Crippen LogP contribution in [0.5, 0.6) is 0 Å². The predicted molar refractivity (Wildman–Crippen MR) is 64.1 cm³/mol. The van der Waals surface area contributed by atoms with Crippen molar-refractivity contribution in [1.82, 2.24) is 5.32 Å². The van der Waals surface area contributed by atoms with E-state index in [4.69, 9.17) is 10.5 Å². The normalized spacial score (nSPS) is 31.4. The van der Waals surface area contributed by atoms with E-state index in [0.717, 1.165) is 19.3 Å². The lowest BCUT2D eigenvalue weighted by molar-refractivity contribution is -0.132. The largest absolute Gasteiger partial charge is 0.373 e. The first-order valence-electron chi connectivity index (χ1n) is 5.96. The van der Waals surface area contributed by atoms with E-state index >= 15 is 0 Å². The summed E-state index contributed by atoms with van der Waals surface area (Å²) in [4.78, 5) is 11.5. The van der Waals surface area contributed by atoms with Crippen molar-refractivity contribution in [3.63, 3.8) is 0 Å². The summed E-state index contributed by atoms with van der Waals surface area (Å²) < 4.78 is 5.94. The number of likely N-dealkylation sites (N-methyl/N-ethyl adjacent to an activating group) is 1. The topological polar surface area (TPSA) is 64.3 Å². The average Bonchev–Trinajstić information content (AvgIpc) is 2.15. The molecule has 4 nitrogen and oxygen atoms in total. The highest BCUT2D eigenvalue weighted by Gasteiger charge is 2.41. The number of amides is 1. The molecule has 0 radical (unpaired) electrons. The van der Waals surface area contributed by atoms with Gasteiger partial charge in [0.25, 0.3) is 0 Å². The zero-order valence-corrected chi connectivity index (χ0v) is 10.8. The van der Waals surface area contributed by atoms with Crippen LogP contribution >= 0.6 is 0 Å². The number of hydrogen-bond acceptors (Lipinski definition) is 3. The summed E-state index contributed by atoms with van der Waals surface area (Å²) in [5.41, 5.74) is 4.74. The van der Waals surface area contributed by atoms with Crippen LogP contribution in [0.25, 0.3) is 0 Å². The number of ether oxygens (including phenoxy) is 1. The monoisotopic (exact) mass is 228 g/mol. The Bertz CT molecular complexity index is 260. The number of nitrogens with one attached hydrogen (secondary N) is 1. The molecule has 1 fully saturated rings. The first-order chi connectivity index (χ1) is 7.29. The fourth-order valence-corrected chi connectivity index (χ4v) is 2.40. The maximum absolute atomic E-state index is 11.5. The molecule has 0 bridgehead atoms. The summed E-state index contributed by atoms with van der Waals surface area (Å²) in [6, 6.07) is 0. The zero-order valence-electron chi connectivity index (χ0n) is 10.8. The third-order valence-electron chi connectivity index (χ3n) is 3.18. The molecule has 16 heavy (non-hydrogen) atoms. The minimum atomic E-state index is -0.575. The van der Waals surface area contributed by atoms with Gasteiger partial charge in [-0.3, -0.25) is 4.79 Å². The van der Waals surface area contributed by atoms with Gasteiger partial charge in [0.2, 0.25) is 5.91 Å². The number of rotatable bonds is 3. The van der Waals surface area contributed by atoms with Crippen molar-refractivity contribution in [2.45, 2.75) is 63.7 Å². The smallest absolute Gasteiger partial charge is 0.237 e. The lowest BCUT2D eigenvalue weighted by Crippen LogP contribution is -2.58. The SMILES string of the molecule is CNC1(C(N)=O)CCCC(OC(C)(C)C)C1. The lowest BCUT2D eigenvalue weighted by atomic mass is 9.79. The molecule has 0 spiro atoms. The van der Waals surface area contributed by atoms with E-state index in [0.29, 0.717) is 6.42 Å². The minimum Gasteiger partial charge on any atom is -0.373 e. The van der Waals surface area contributed by atoms with Gasteiger partial charge in [-0.25, -0.2) is 0 Å². The van der Waals surface area contributed by atoms with Gasteiger partial charge in [-0.05, 0) is 47.1 Å². The molecule has 0 aromatic heterocycles. The maximum atomic E-state index is 11.5. The Morgan fingerprint density at radius 1 is 1.50 bits per heavy atom. The van der Waals surface area contributed by atoms with E-state index in [1.54, 1.807) is 7.05 Å². The summed E-state index contributed by atoms with van der Waals surface area (Å²) in [6.45, 7) is 6.10. The molecule has 94 valence electrons. The van der Waals surface area contributed by atoms with Gasteiger partial charge in [-0.1, -0.05) is 0 Å². The summed E-state index contributed by atoms with van der Waals surface area (Å²) in [5.74, 6) is -0.266. The molecule has 4 heteroatoms. The van der Waals surface area contributed by atoms with Gasteiger partial charge in [0.1, 0.15) is 0 Å². The van der Waals surface area contributed by atoms with Crippen molar-refractivity contribution in [3.05, 3.63) is 0 Å². The van der Waals surface area contributed by atoms with Crippen LogP contribution < -0.4 is 11.1 Å². The Hall–Kier alpha value is -0.610. The number of nitrogens with two attached hydrogens (primary N) is 1. The van der Waals surface area contributed by atoms with Crippen LogP contribution in [-0.2, 0) is 9.53 Å². The van der Waals surface area contributed by atoms with Gasteiger partial charge in [0.05, 0.1) is 17.2 Å². The van der Waals surface area contributed by atoms with Gasteiger partial charge in [0, 0.05) is 6.42 Å². The molecule has 1 aliphatic carbocycles. The minimum absolute atomic E-state index is 0.119. The molecule has 0 aromatic rings. The molecule has 1 saturated carbocycles. The Labute approximate surface area is 97.9 Å². The Morgan fingerprint density at radius 2 is 2.12 bits per heavy atom.